The van der Waals surface area contributed by atoms with E-state index in [2.05, 4.69) is 9.05 Å². The minimum atomic E-state index is -4.99. The molecule has 0 spiro atoms. The van der Waals surface area contributed by atoms with E-state index in [-0.39, 0.29) is 87.0 Å². The maximum atomic E-state index is 10.5. The van der Waals surface area contributed by atoms with Crippen molar-refractivity contribution in [1.82, 2.24) is 0 Å². The smallest absolute Gasteiger partial charge is 0.780 e. The van der Waals surface area contributed by atoms with Gasteiger partial charge in [0.05, 0.1) is 0 Å². The van der Waals surface area contributed by atoms with Gasteiger partial charge in [0.25, 0.3) is 0 Å². The van der Waals surface area contributed by atoms with Crippen LogP contribution in [0.25, 0.3) is 21.5 Å². The summed E-state index contributed by atoms with van der Waals surface area (Å²) in [5, 5.41) is 2.85. The molecule has 0 bridgehead atoms. The van der Waals surface area contributed by atoms with Crippen LogP contribution in [0.2, 0.25) is 0 Å². The molecule has 0 aliphatic carbocycles. The van der Waals surface area contributed by atoms with E-state index >= 15 is 0 Å². The van der Waals surface area contributed by atoms with E-state index in [1.807, 2.05) is 36.4 Å². The zero-order valence-electron chi connectivity index (χ0n) is 16.7. The second-order valence-electron chi connectivity index (χ2n) is 6.03. The Labute approximate surface area is 244 Å². The number of benzene rings is 4. The first-order valence-electron chi connectivity index (χ1n) is 8.51. The summed E-state index contributed by atoms with van der Waals surface area (Å²) >= 11 is 0. The molecular weight excluding hydrogens is 510 g/mol. The van der Waals surface area contributed by atoms with Crippen molar-refractivity contribution in [3.8, 4) is 11.5 Å². The largest absolute Gasteiger partial charge is 2.00 e. The standard InChI is InChI=1S/2C10H9O4P.2Ca/c2*11-15(12,13)14-10-7-3-5-8-4-1-2-6-9(8)10;;/h2*1-7H,(H2,11,12,13);;/q;;2*+2/p-4. The predicted molar refractivity (Wildman–Crippen MR) is 116 cm³/mol. The third-order valence-electron chi connectivity index (χ3n) is 3.92. The van der Waals surface area contributed by atoms with Crippen LogP contribution in [0.4, 0.5) is 0 Å². The van der Waals surface area contributed by atoms with Gasteiger partial charge in [0.2, 0.25) is 0 Å². The fourth-order valence-electron chi connectivity index (χ4n) is 2.79. The molecule has 4 aromatic carbocycles. The third kappa shape index (κ3) is 9.22. The van der Waals surface area contributed by atoms with Gasteiger partial charge in [-0.2, -0.15) is 0 Å². The van der Waals surface area contributed by atoms with E-state index in [1.54, 1.807) is 36.4 Å². The van der Waals surface area contributed by atoms with Gasteiger partial charge in [-0.3, -0.25) is 0 Å². The molecule has 0 aliphatic heterocycles. The maximum absolute atomic E-state index is 10.5. The van der Waals surface area contributed by atoms with Crippen LogP contribution in [0.3, 0.4) is 0 Å². The van der Waals surface area contributed by atoms with E-state index in [0.717, 1.165) is 10.8 Å². The first-order valence-corrected chi connectivity index (χ1v) is 11.4. The summed E-state index contributed by atoms with van der Waals surface area (Å²) < 4.78 is 29.7. The van der Waals surface area contributed by atoms with Crippen LogP contribution in [-0.4, -0.2) is 75.5 Å². The van der Waals surface area contributed by atoms with Crippen LogP contribution in [0.1, 0.15) is 0 Å². The van der Waals surface area contributed by atoms with Crippen LogP contribution in [0, 0.1) is 0 Å². The van der Waals surface area contributed by atoms with Crippen molar-refractivity contribution < 1.29 is 37.8 Å². The number of phosphoric acid groups is 2. The summed E-state index contributed by atoms with van der Waals surface area (Å²) in [5.41, 5.74) is 0. The summed E-state index contributed by atoms with van der Waals surface area (Å²) in [7, 11) is -9.98. The molecule has 4 aromatic rings. The summed E-state index contributed by atoms with van der Waals surface area (Å²) in [6.07, 6.45) is 0. The molecular formula is C20H14Ca2O8P2. The molecule has 0 aromatic heterocycles. The van der Waals surface area contributed by atoms with Crippen LogP contribution in [0.15, 0.2) is 84.9 Å². The molecule has 0 aliphatic rings. The first kappa shape index (κ1) is 29.9. The van der Waals surface area contributed by atoms with E-state index in [0.29, 0.717) is 10.8 Å². The second kappa shape index (κ2) is 13.1. The Morgan fingerprint density at radius 2 is 0.812 bits per heavy atom. The zero-order chi connectivity index (χ0) is 21.8. The van der Waals surface area contributed by atoms with Crippen molar-refractivity contribution in [1.29, 1.82) is 0 Å². The third-order valence-corrected chi connectivity index (χ3v) is 4.76. The molecule has 0 atom stereocenters. The summed E-state index contributed by atoms with van der Waals surface area (Å²) in [6.45, 7) is 0. The number of phosphoric ester groups is 2. The van der Waals surface area contributed by atoms with Crippen molar-refractivity contribution in [2.75, 3.05) is 0 Å². The van der Waals surface area contributed by atoms with Gasteiger partial charge >= 0.3 is 75.5 Å². The molecule has 4 rings (SSSR count). The Hall–Kier alpha value is -0.181. The molecule has 8 nitrogen and oxygen atoms in total. The SMILES string of the molecule is O=P([O-])([O-])Oc1cccc2ccccc12.O=P([O-])([O-])Oc1cccc2ccccc12.[Ca+2].[Ca+2]. The van der Waals surface area contributed by atoms with Gasteiger partial charge in [0, 0.05) is 10.8 Å². The Kier molecular flexibility index (Phi) is 12.2. The number of hydrogen-bond donors (Lipinski definition) is 0. The molecule has 0 unspecified atom stereocenters. The Bertz CT molecular complexity index is 1160. The van der Waals surface area contributed by atoms with Crippen LogP contribution in [-0.2, 0) is 9.13 Å². The minimum Gasteiger partial charge on any atom is -0.780 e. The van der Waals surface area contributed by atoms with E-state index < -0.39 is 15.6 Å². The van der Waals surface area contributed by atoms with Gasteiger partial charge < -0.3 is 37.8 Å². The van der Waals surface area contributed by atoms with E-state index in [4.69, 9.17) is 0 Å². The number of fused-ring (bicyclic) bond motifs is 2. The zero-order valence-corrected chi connectivity index (χ0v) is 22.9. The fraction of sp³-hybridized carbons (Fsp3) is 0. The van der Waals surface area contributed by atoms with Gasteiger partial charge in [-0.15, -0.1) is 0 Å². The molecule has 0 fully saturated rings. The van der Waals surface area contributed by atoms with Crippen molar-refractivity contribution in [3.05, 3.63) is 84.9 Å². The predicted octanol–water partition coefficient (Wildman–Crippen LogP) is 1.33. The molecule has 0 heterocycles. The summed E-state index contributed by atoms with van der Waals surface area (Å²) in [5.74, 6) is 0.142. The average molecular weight is 524 g/mol. The maximum Gasteiger partial charge on any atom is 2.00 e. The monoisotopic (exact) mass is 524 g/mol. The quantitative estimate of drug-likeness (QED) is 0.287. The van der Waals surface area contributed by atoms with E-state index in [1.165, 1.54) is 12.1 Å². The molecule has 0 radical (unpaired) electrons. The van der Waals surface area contributed by atoms with Crippen LogP contribution >= 0.6 is 15.6 Å². The van der Waals surface area contributed by atoms with E-state index in [9.17, 15) is 28.7 Å². The van der Waals surface area contributed by atoms with Gasteiger partial charge in [-0.05, 0) is 22.9 Å². The van der Waals surface area contributed by atoms with Crippen LogP contribution in [0.5, 0.6) is 11.5 Å². The second-order valence-corrected chi connectivity index (χ2v) is 8.19. The van der Waals surface area contributed by atoms with Gasteiger partial charge in [-0.1, -0.05) is 72.8 Å². The van der Waals surface area contributed by atoms with Crippen molar-refractivity contribution in [3.63, 3.8) is 0 Å². The topological polar surface area (TPSA) is 145 Å². The van der Waals surface area contributed by atoms with Crippen molar-refractivity contribution in [2.24, 2.45) is 0 Å². The molecule has 12 heteroatoms. The van der Waals surface area contributed by atoms with Crippen molar-refractivity contribution in [2.45, 2.75) is 0 Å². The molecule has 0 amide bonds. The normalized spacial score (nSPS) is 10.9. The van der Waals surface area contributed by atoms with Gasteiger partial charge in [0.15, 0.2) is 0 Å². The number of rotatable bonds is 4. The average Bonchev–Trinajstić information content (AvgIpc) is 2.67. The fourth-order valence-corrected chi connectivity index (χ4v) is 3.59. The molecule has 0 saturated carbocycles. The minimum absolute atomic E-state index is 0. The van der Waals surface area contributed by atoms with Crippen LogP contribution < -0.4 is 28.6 Å². The first-order chi connectivity index (χ1) is 14.1. The van der Waals surface area contributed by atoms with Crippen molar-refractivity contribution >= 4 is 113 Å². The Morgan fingerprint density at radius 3 is 1.16 bits per heavy atom. The summed E-state index contributed by atoms with van der Waals surface area (Å²) in [6, 6.07) is 23.9. The summed E-state index contributed by atoms with van der Waals surface area (Å²) in [4.78, 5) is 42.0. The molecule has 32 heavy (non-hydrogen) atoms. The Balaban J connectivity index is 0.000000301. The molecule has 0 saturated heterocycles. The molecule has 156 valence electrons. The van der Waals surface area contributed by atoms with Gasteiger partial charge in [-0.25, -0.2) is 0 Å². The van der Waals surface area contributed by atoms with Gasteiger partial charge in [0.1, 0.15) is 27.1 Å². The molecule has 0 N–H and O–H groups in total. The Morgan fingerprint density at radius 1 is 0.500 bits per heavy atom. The number of hydrogen-bond acceptors (Lipinski definition) is 8.